The Morgan fingerprint density at radius 2 is 1.86 bits per heavy atom. The van der Waals surface area contributed by atoms with Gasteiger partial charge in [-0.15, -0.1) is 0 Å². The van der Waals surface area contributed by atoms with Crippen LogP contribution in [0.4, 0.5) is 0 Å². The van der Waals surface area contributed by atoms with Crippen LogP contribution in [-0.4, -0.2) is 59.7 Å². The summed E-state index contributed by atoms with van der Waals surface area (Å²) in [5.74, 6) is -0.740. The average Bonchev–Trinajstić information content (AvgIpc) is 2.44. The van der Waals surface area contributed by atoms with Gasteiger partial charge in [0.1, 0.15) is 18.0 Å². The van der Waals surface area contributed by atoms with Crippen LogP contribution in [-0.2, 0) is 14.2 Å². The summed E-state index contributed by atoms with van der Waals surface area (Å²) in [5.41, 5.74) is -0.203. The third-order valence-corrected chi connectivity index (χ3v) is 3.72. The van der Waals surface area contributed by atoms with Gasteiger partial charge in [-0.3, -0.25) is 0 Å². The van der Waals surface area contributed by atoms with Crippen LogP contribution in [0.15, 0.2) is 12.3 Å². The minimum atomic E-state index is -1.21. The quantitative estimate of drug-likeness (QED) is 0.465. The Bertz CT molecular complexity index is 357. The minimum absolute atomic E-state index is 0.203. The van der Waals surface area contributed by atoms with Crippen LogP contribution in [0.3, 0.4) is 0 Å². The summed E-state index contributed by atoms with van der Waals surface area (Å²) < 4.78 is 16.9. The predicted molar refractivity (Wildman–Crippen MR) is 82.5 cm³/mol. The molecule has 130 valence electrons. The van der Waals surface area contributed by atoms with Crippen molar-refractivity contribution in [2.24, 2.45) is 11.3 Å². The Morgan fingerprint density at radius 1 is 1.23 bits per heavy atom. The fraction of sp³-hybridized carbons (Fsp3) is 0.875. The summed E-state index contributed by atoms with van der Waals surface area (Å²) in [6.07, 6.45) is -3.07. The molecule has 0 amide bonds. The molecule has 0 aliphatic carbocycles. The van der Waals surface area contributed by atoms with Crippen molar-refractivity contribution in [3.05, 3.63) is 12.3 Å². The number of aliphatic hydroxyl groups is 3. The predicted octanol–water partition coefficient (Wildman–Crippen LogP) is 1.61. The van der Waals surface area contributed by atoms with Crippen LogP contribution in [0.25, 0.3) is 0 Å². The highest BCUT2D eigenvalue weighted by atomic mass is 16.7. The molecule has 6 heteroatoms. The Hall–Kier alpha value is -0.660. The molecule has 22 heavy (non-hydrogen) atoms. The van der Waals surface area contributed by atoms with E-state index in [0.29, 0.717) is 19.8 Å². The second-order valence-corrected chi connectivity index (χ2v) is 6.78. The maximum atomic E-state index is 10.1. The molecule has 1 aliphatic heterocycles. The van der Waals surface area contributed by atoms with Crippen LogP contribution in [0.5, 0.6) is 0 Å². The molecule has 0 aromatic carbocycles. The monoisotopic (exact) mass is 318 g/mol. The molecule has 0 bridgehead atoms. The zero-order valence-corrected chi connectivity index (χ0v) is 14.0. The fourth-order valence-corrected chi connectivity index (χ4v) is 2.31. The molecule has 1 rings (SSSR count). The molecule has 5 atom stereocenters. The maximum absolute atomic E-state index is 10.1. The Balaban J connectivity index is 2.58. The zero-order chi connectivity index (χ0) is 16.9. The number of hydrogen-bond acceptors (Lipinski definition) is 6. The normalized spacial score (nSPS) is 32.9. The van der Waals surface area contributed by atoms with Gasteiger partial charge in [-0.05, 0) is 6.42 Å². The molecule has 0 saturated carbocycles. The lowest BCUT2D eigenvalue weighted by atomic mass is 9.91. The third-order valence-electron chi connectivity index (χ3n) is 3.72. The Labute approximate surface area is 132 Å². The van der Waals surface area contributed by atoms with E-state index >= 15 is 0 Å². The zero-order valence-electron chi connectivity index (χ0n) is 14.0. The van der Waals surface area contributed by atoms with E-state index in [-0.39, 0.29) is 11.2 Å². The van der Waals surface area contributed by atoms with Gasteiger partial charge < -0.3 is 29.5 Å². The lowest BCUT2D eigenvalue weighted by Crippen LogP contribution is -2.55. The van der Waals surface area contributed by atoms with Crippen molar-refractivity contribution < 1.29 is 29.5 Å². The van der Waals surface area contributed by atoms with E-state index in [4.69, 9.17) is 14.2 Å². The van der Waals surface area contributed by atoms with Crippen molar-refractivity contribution in [3.63, 3.8) is 0 Å². The highest BCUT2D eigenvalue weighted by molar-refractivity contribution is 5.01. The van der Waals surface area contributed by atoms with Crippen molar-refractivity contribution in [1.82, 2.24) is 0 Å². The van der Waals surface area contributed by atoms with E-state index in [2.05, 4.69) is 13.5 Å². The van der Waals surface area contributed by atoms with E-state index in [1.165, 1.54) is 0 Å². The first kappa shape index (κ1) is 19.4. The number of aliphatic hydroxyl groups excluding tert-OH is 3. The topological polar surface area (TPSA) is 88.4 Å². The van der Waals surface area contributed by atoms with E-state index in [1.54, 1.807) is 6.92 Å². The van der Waals surface area contributed by atoms with Crippen LogP contribution >= 0.6 is 0 Å². The summed E-state index contributed by atoms with van der Waals surface area (Å²) in [5, 5.41) is 29.4. The summed E-state index contributed by atoms with van der Waals surface area (Å²) in [7, 11) is 0. The van der Waals surface area contributed by atoms with Crippen LogP contribution in [0, 0.1) is 11.3 Å². The van der Waals surface area contributed by atoms with Gasteiger partial charge in [0.05, 0.1) is 19.3 Å². The molecule has 3 N–H and O–H groups in total. The molecule has 1 aliphatic rings. The Morgan fingerprint density at radius 3 is 2.41 bits per heavy atom. The molecule has 1 fully saturated rings. The molecular weight excluding hydrogens is 288 g/mol. The van der Waals surface area contributed by atoms with Gasteiger partial charge in [0.25, 0.3) is 0 Å². The number of hydrogen-bond donors (Lipinski definition) is 3. The van der Waals surface area contributed by atoms with E-state index in [9.17, 15) is 15.3 Å². The van der Waals surface area contributed by atoms with Gasteiger partial charge >= 0.3 is 0 Å². The summed E-state index contributed by atoms with van der Waals surface area (Å²) >= 11 is 0. The molecule has 6 nitrogen and oxygen atoms in total. The lowest BCUT2D eigenvalue weighted by molar-refractivity contribution is -0.279. The lowest BCUT2D eigenvalue weighted by Gasteiger charge is -2.41. The van der Waals surface area contributed by atoms with Gasteiger partial charge in [-0.2, -0.15) is 0 Å². The first-order chi connectivity index (χ1) is 10.2. The van der Waals surface area contributed by atoms with Crippen molar-refractivity contribution in [2.45, 2.75) is 58.7 Å². The Kier molecular flexibility index (Phi) is 7.28. The average molecular weight is 318 g/mol. The van der Waals surface area contributed by atoms with E-state index in [1.807, 2.05) is 13.8 Å². The van der Waals surface area contributed by atoms with Gasteiger partial charge in [0, 0.05) is 17.9 Å². The largest absolute Gasteiger partial charge is 0.510 e. The molecule has 0 aromatic heterocycles. The second kappa shape index (κ2) is 8.26. The minimum Gasteiger partial charge on any atom is -0.510 e. The number of rotatable bonds is 8. The van der Waals surface area contributed by atoms with Crippen LogP contribution in [0.1, 0.15) is 34.1 Å². The third kappa shape index (κ3) is 5.21. The molecule has 0 spiro atoms. The van der Waals surface area contributed by atoms with Gasteiger partial charge in [-0.25, -0.2) is 0 Å². The second-order valence-electron chi connectivity index (χ2n) is 6.78. The molecule has 0 aromatic rings. The fourth-order valence-electron chi connectivity index (χ4n) is 2.31. The smallest absolute Gasteiger partial charge is 0.163 e. The highest BCUT2D eigenvalue weighted by Crippen LogP contribution is 2.30. The summed E-state index contributed by atoms with van der Waals surface area (Å²) in [6.45, 7) is 12.8. The van der Waals surface area contributed by atoms with Crippen molar-refractivity contribution in [1.29, 1.82) is 0 Å². The number of ether oxygens (including phenoxy) is 3. The molecule has 1 unspecified atom stereocenters. The first-order valence-electron chi connectivity index (χ1n) is 7.78. The SMILES string of the molecule is C=C(O)[C@H]1OC(OCC(C)(C)COCCC)[C@H](C)[C@@H](O)[C@H]1O. The van der Waals surface area contributed by atoms with Crippen molar-refractivity contribution in [2.75, 3.05) is 19.8 Å². The maximum Gasteiger partial charge on any atom is 0.163 e. The van der Waals surface area contributed by atoms with Crippen molar-refractivity contribution in [3.8, 4) is 0 Å². The van der Waals surface area contributed by atoms with E-state index in [0.717, 1.165) is 6.42 Å². The molecule has 1 heterocycles. The van der Waals surface area contributed by atoms with E-state index < -0.39 is 30.5 Å². The summed E-state index contributed by atoms with van der Waals surface area (Å²) in [4.78, 5) is 0. The van der Waals surface area contributed by atoms with Crippen LogP contribution in [0.2, 0.25) is 0 Å². The summed E-state index contributed by atoms with van der Waals surface area (Å²) in [6, 6.07) is 0. The van der Waals surface area contributed by atoms with Gasteiger partial charge in [-0.1, -0.05) is 34.3 Å². The first-order valence-corrected chi connectivity index (χ1v) is 7.78. The van der Waals surface area contributed by atoms with Crippen molar-refractivity contribution >= 4 is 0 Å². The van der Waals surface area contributed by atoms with Crippen LogP contribution < -0.4 is 0 Å². The highest BCUT2D eigenvalue weighted by Gasteiger charge is 2.44. The molecule has 0 radical (unpaired) electrons. The van der Waals surface area contributed by atoms with Gasteiger partial charge in [0.2, 0.25) is 0 Å². The standard InChI is InChI=1S/C16H30O6/c1-6-7-20-8-16(4,5)9-21-15-10(2)12(18)13(19)14(22-15)11(3)17/h10,12-15,17-19H,3,6-9H2,1-2,4-5H3/t10-,12-,13-,14-,15?/m1/s1. The molecular formula is C16H30O6. The molecule has 1 saturated heterocycles. The van der Waals surface area contributed by atoms with Gasteiger partial charge in [0.15, 0.2) is 6.29 Å².